The number of Topliss-reactive ketones (excluding diaryl/α,β-unsaturated/α-hetero) is 2. The lowest BCUT2D eigenvalue weighted by atomic mass is 9.87. The number of aliphatic imine (C=N–C) groups is 1. The highest BCUT2D eigenvalue weighted by Crippen LogP contribution is 2.32. The van der Waals surface area contributed by atoms with Crippen molar-refractivity contribution in [2.75, 3.05) is 13.7 Å². The fourth-order valence-corrected chi connectivity index (χ4v) is 4.68. The SMILES string of the molecule is COc1nc2c(Oc3ccc(CC(=O)C4=NCC(C)=C(c5ccc(F)cc5C)C4=O)cc3F)ccnc2cc1C. The van der Waals surface area contributed by atoms with Crippen molar-refractivity contribution < 1.29 is 27.8 Å². The van der Waals surface area contributed by atoms with Crippen molar-refractivity contribution in [3.05, 3.63) is 94.2 Å². The molecule has 7 nitrogen and oxygen atoms in total. The molecule has 5 rings (SSSR count). The predicted octanol–water partition coefficient (Wildman–Crippen LogP) is 5.93. The number of ketones is 2. The number of rotatable bonds is 7. The predicted molar refractivity (Wildman–Crippen MR) is 147 cm³/mol. The highest BCUT2D eigenvalue weighted by atomic mass is 19.1. The van der Waals surface area contributed by atoms with E-state index in [1.165, 1.54) is 43.6 Å². The number of allylic oxidation sites excluding steroid dienone is 1. The van der Waals surface area contributed by atoms with Crippen LogP contribution in [0.25, 0.3) is 16.6 Å². The van der Waals surface area contributed by atoms with E-state index in [-0.39, 0.29) is 24.4 Å². The zero-order valence-electron chi connectivity index (χ0n) is 22.3. The maximum Gasteiger partial charge on any atom is 0.216 e. The van der Waals surface area contributed by atoms with Crippen molar-refractivity contribution >= 4 is 33.9 Å². The van der Waals surface area contributed by atoms with Gasteiger partial charge >= 0.3 is 0 Å². The van der Waals surface area contributed by atoms with Gasteiger partial charge in [-0.15, -0.1) is 0 Å². The second kappa shape index (κ2) is 10.8. The van der Waals surface area contributed by atoms with Gasteiger partial charge in [-0.1, -0.05) is 12.1 Å². The van der Waals surface area contributed by atoms with Gasteiger partial charge in [0.25, 0.3) is 0 Å². The quantitative estimate of drug-likeness (QED) is 0.288. The summed E-state index contributed by atoms with van der Waals surface area (Å²) in [6, 6.07) is 11.7. The van der Waals surface area contributed by atoms with Gasteiger partial charge in [0.05, 0.1) is 19.2 Å². The van der Waals surface area contributed by atoms with Crippen molar-refractivity contribution in [3.8, 4) is 17.4 Å². The van der Waals surface area contributed by atoms with E-state index in [4.69, 9.17) is 9.47 Å². The monoisotopic (exact) mass is 541 g/mol. The summed E-state index contributed by atoms with van der Waals surface area (Å²) >= 11 is 0. The Hall–Kier alpha value is -4.79. The number of fused-ring (bicyclic) bond motifs is 1. The molecule has 0 amide bonds. The Kier molecular flexibility index (Phi) is 7.21. The van der Waals surface area contributed by atoms with E-state index in [9.17, 15) is 14.0 Å². The average Bonchev–Trinajstić information content (AvgIpc) is 2.91. The second-order valence-electron chi connectivity index (χ2n) is 9.57. The number of nitrogens with zero attached hydrogens (tertiary/aromatic N) is 3. The summed E-state index contributed by atoms with van der Waals surface area (Å²) in [4.78, 5) is 39.3. The van der Waals surface area contributed by atoms with Crippen LogP contribution in [0.3, 0.4) is 0 Å². The molecule has 3 heterocycles. The van der Waals surface area contributed by atoms with Gasteiger partial charge in [-0.2, -0.15) is 0 Å². The highest BCUT2D eigenvalue weighted by Gasteiger charge is 2.30. The first-order valence-electron chi connectivity index (χ1n) is 12.5. The van der Waals surface area contributed by atoms with Crippen molar-refractivity contribution in [2.45, 2.75) is 27.2 Å². The first-order chi connectivity index (χ1) is 19.2. The number of carbonyl (C=O) groups is 2. The first kappa shape index (κ1) is 26.8. The molecule has 2 aromatic heterocycles. The molecule has 1 aliphatic rings. The lowest BCUT2D eigenvalue weighted by Crippen LogP contribution is -2.30. The minimum absolute atomic E-state index is 0.0660. The average molecular weight is 542 g/mol. The van der Waals surface area contributed by atoms with E-state index in [0.717, 1.165) is 5.56 Å². The van der Waals surface area contributed by atoms with Gasteiger partial charge in [-0.05, 0) is 73.4 Å². The van der Waals surface area contributed by atoms with Gasteiger partial charge in [0.15, 0.2) is 23.1 Å². The van der Waals surface area contributed by atoms with E-state index >= 15 is 4.39 Å². The lowest BCUT2D eigenvalue weighted by Gasteiger charge is -2.18. The number of methoxy groups -OCH3 is 1. The van der Waals surface area contributed by atoms with Gasteiger partial charge in [0, 0.05) is 29.8 Å². The van der Waals surface area contributed by atoms with E-state index in [0.29, 0.717) is 50.5 Å². The van der Waals surface area contributed by atoms with Gasteiger partial charge in [-0.3, -0.25) is 19.6 Å². The number of benzene rings is 2. The Morgan fingerprint density at radius 2 is 1.77 bits per heavy atom. The molecule has 0 saturated carbocycles. The van der Waals surface area contributed by atoms with Gasteiger partial charge in [-0.25, -0.2) is 13.8 Å². The fourth-order valence-electron chi connectivity index (χ4n) is 4.68. The molecule has 0 radical (unpaired) electrons. The van der Waals surface area contributed by atoms with Crippen LogP contribution in [0.4, 0.5) is 8.78 Å². The Labute approximate surface area is 229 Å². The topological polar surface area (TPSA) is 90.7 Å². The molecule has 0 spiro atoms. The van der Waals surface area contributed by atoms with Crippen LogP contribution in [0.2, 0.25) is 0 Å². The minimum Gasteiger partial charge on any atom is -0.481 e. The van der Waals surface area contributed by atoms with Crippen LogP contribution in [0.1, 0.15) is 29.2 Å². The molecular formula is C31H25F2N3O4. The molecule has 9 heteroatoms. The van der Waals surface area contributed by atoms with Crippen LogP contribution in [0.5, 0.6) is 17.4 Å². The fraction of sp³-hybridized carbons (Fsp3) is 0.194. The Balaban J connectivity index is 1.35. The van der Waals surface area contributed by atoms with Crippen molar-refractivity contribution in [3.63, 3.8) is 0 Å². The standard InChI is InChI=1S/C31H25F2N3O4/c1-16-11-20(32)6-7-21(16)27-18(3)15-35-29(30(27)38)24(37)14-19-5-8-25(22(33)13-19)40-26-9-10-34-23-12-17(2)31(39-4)36-28(23)26/h5-13H,14-15H2,1-4H3. The molecule has 0 aliphatic carbocycles. The summed E-state index contributed by atoms with van der Waals surface area (Å²) < 4.78 is 39.8. The molecule has 40 heavy (non-hydrogen) atoms. The van der Waals surface area contributed by atoms with Crippen LogP contribution < -0.4 is 9.47 Å². The van der Waals surface area contributed by atoms with Gasteiger partial charge < -0.3 is 9.47 Å². The molecule has 0 fully saturated rings. The summed E-state index contributed by atoms with van der Waals surface area (Å²) in [5, 5.41) is 0. The summed E-state index contributed by atoms with van der Waals surface area (Å²) in [6.07, 6.45) is 1.31. The maximum atomic E-state index is 15.1. The molecule has 0 N–H and O–H groups in total. The third-order valence-electron chi connectivity index (χ3n) is 6.66. The maximum absolute atomic E-state index is 15.1. The Bertz CT molecular complexity index is 1760. The number of pyridine rings is 2. The largest absolute Gasteiger partial charge is 0.481 e. The number of dihydropyridines is 1. The number of hydrogen-bond donors (Lipinski definition) is 0. The lowest BCUT2D eigenvalue weighted by molar-refractivity contribution is -0.114. The number of ether oxygens (including phenoxy) is 2. The summed E-state index contributed by atoms with van der Waals surface area (Å²) in [7, 11) is 1.51. The third-order valence-corrected chi connectivity index (χ3v) is 6.66. The zero-order valence-corrected chi connectivity index (χ0v) is 22.3. The van der Waals surface area contributed by atoms with Gasteiger partial charge in [0.1, 0.15) is 17.0 Å². The Morgan fingerprint density at radius 3 is 2.50 bits per heavy atom. The molecule has 2 aromatic carbocycles. The number of aryl methyl sites for hydroxylation is 2. The molecule has 1 aliphatic heterocycles. The van der Waals surface area contributed by atoms with Crippen LogP contribution in [-0.4, -0.2) is 40.9 Å². The molecule has 0 unspecified atom stereocenters. The third kappa shape index (κ3) is 5.10. The summed E-state index contributed by atoms with van der Waals surface area (Å²) in [6.45, 7) is 5.47. The van der Waals surface area contributed by atoms with Crippen molar-refractivity contribution in [1.82, 2.24) is 9.97 Å². The van der Waals surface area contributed by atoms with Crippen LogP contribution in [0, 0.1) is 25.5 Å². The molecule has 202 valence electrons. The molecule has 0 atom stereocenters. The van der Waals surface area contributed by atoms with Crippen LogP contribution in [0.15, 0.2) is 65.3 Å². The minimum atomic E-state index is -0.690. The first-order valence-corrected chi connectivity index (χ1v) is 12.5. The molecule has 0 saturated heterocycles. The number of carbonyl (C=O) groups excluding carboxylic acids is 2. The highest BCUT2D eigenvalue weighted by molar-refractivity contribution is 6.74. The van der Waals surface area contributed by atoms with E-state index in [1.807, 2.05) is 6.92 Å². The molecule has 4 aromatic rings. The number of halogens is 2. The summed E-state index contributed by atoms with van der Waals surface area (Å²) in [5.74, 6) is -1.53. The summed E-state index contributed by atoms with van der Waals surface area (Å²) in [5.41, 5.74) is 4.10. The van der Waals surface area contributed by atoms with Gasteiger partial charge in [0.2, 0.25) is 11.7 Å². The van der Waals surface area contributed by atoms with Crippen molar-refractivity contribution in [2.24, 2.45) is 4.99 Å². The van der Waals surface area contributed by atoms with E-state index in [2.05, 4.69) is 15.0 Å². The van der Waals surface area contributed by atoms with Crippen LogP contribution >= 0.6 is 0 Å². The molecular weight excluding hydrogens is 516 g/mol. The second-order valence-corrected chi connectivity index (χ2v) is 9.57. The zero-order chi connectivity index (χ0) is 28.6. The molecule has 0 bridgehead atoms. The van der Waals surface area contributed by atoms with E-state index in [1.54, 1.807) is 32.0 Å². The van der Waals surface area contributed by atoms with E-state index < -0.39 is 23.2 Å². The number of hydrogen-bond acceptors (Lipinski definition) is 7. The smallest absolute Gasteiger partial charge is 0.216 e. The Morgan fingerprint density at radius 1 is 0.975 bits per heavy atom. The normalized spacial score (nSPS) is 13.4. The number of aromatic nitrogens is 2. The van der Waals surface area contributed by atoms with Crippen molar-refractivity contribution in [1.29, 1.82) is 0 Å². The van der Waals surface area contributed by atoms with Crippen LogP contribution in [-0.2, 0) is 16.0 Å².